The van der Waals surface area contributed by atoms with E-state index >= 15 is 0 Å². The summed E-state index contributed by atoms with van der Waals surface area (Å²) < 4.78 is 0. The third kappa shape index (κ3) is 3.58. The lowest BCUT2D eigenvalue weighted by molar-refractivity contribution is 0.101. The van der Waals surface area contributed by atoms with E-state index in [4.69, 9.17) is 0 Å². The summed E-state index contributed by atoms with van der Waals surface area (Å²) >= 11 is 0. The molecule has 0 spiro atoms. The second kappa shape index (κ2) is 6.85. The zero-order valence-electron chi connectivity index (χ0n) is 14.5. The van der Waals surface area contributed by atoms with Gasteiger partial charge in [-0.1, -0.05) is 44.2 Å². The van der Waals surface area contributed by atoms with Gasteiger partial charge in [0.05, 0.1) is 11.1 Å². The SMILES string of the molecule is CC(=O)c1cccc(NC(=O)c2cc(C(C)C)nc3ccccc23)c1. The van der Waals surface area contributed by atoms with E-state index in [2.05, 4.69) is 24.1 Å². The van der Waals surface area contributed by atoms with Crippen molar-refractivity contribution in [3.63, 3.8) is 0 Å². The van der Waals surface area contributed by atoms with Gasteiger partial charge < -0.3 is 5.32 Å². The van der Waals surface area contributed by atoms with Crippen molar-refractivity contribution in [1.82, 2.24) is 4.98 Å². The molecule has 126 valence electrons. The number of fused-ring (bicyclic) bond motifs is 1. The van der Waals surface area contributed by atoms with Gasteiger partial charge in [0.15, 0.2) is 5.78 Å². The molecule has 0 saturated carbocycles. The van der Waals surface area contributed by atoms with Crippen LogP contribution in [0.25, 0.3) is 10.9 Å². The van der Waals surface area contributed by atoms with Crippen molar-refractivity contribution in [2.75, 3.05) is 5.32 Å². The minimum Gasteiger partial charge on any atom is -0.322 e. The Labute approximate surface area is 146 Å². The molecule has 0 atom stereocenters. The van der Waals surface area contributed by atoms with Crippen LogP contribution >= 0.6 is 0 Å². The summed E-state index contributed by atoms with van der Waals surface area (Å²) in [5, 5.41) is 3.70. The molecule has 1 N–H and O–H groups in total. The number of benzene rings is 2. The quantitative estimate of drug-likeness (QED) is 0.697. The third-order valence-electron chi connectivity index (χ3n) is 4.10. The van der Waals surface area contributed by atoms with E-state index in [0.29, 0.717) is 16.8 Å². The lowest BCUT2D eigenvalue weighted by Gasteiger charge is -2.12. The Bertz CT molecular complexity index is 961. The molecule has 3 aromatic rings. The lowest BCUT2D eigenvalue weighted by atomic mass is 10.0. The summed E-state index contributed by atoms with van der Waals surface area (Å²) in [5.41, 5.74) is 3.44. The van der Waals surface area contributed by atoms with Gasteiger partial charge in [-0.3, -0.25) is 14.6 Å². The van der Waals surface area contributed by atoms with Crippen LogP contribution in [0.1, 0.15) is 53.1 Å². The van der Waals surface area contributed by atoms with Gasteiger partial charge in [-0.15, -0.1) is 0 Å². The first-order valence-corrected chi connectivity index (χ1v) is 8.27. The Morgan fingerprint density at radius 2 is 1.76 bits per heavy atom. The number of anilines is 1. The summed E-state index contributed by atoms with van der Waals surface area (Å²) in [4.78, 5) is 29.0. The average molecular weight is 332 g/mol. The molecular weight excluding hydrogens is 312 g/mol. The Balaban J connectivity index is 2.02. The lowest BCUT2D eigenvalue weighted by Crippen LogP contribution is -2.14. The molecule has 0 fully saturated rings. The Morgan fingerprint density at radius 3 is 2.48 bits per heavy atom. The number of pyridine rings is 1. The van der Waals surface area contributed by atoms with Crippen LogP contribution in [-0.4, -0.2) is 16.7 Å². The fraction of sp³-hybridized carbons (Fsp3) is 0.190. The van der Waals surface area contributed by atoms with E-state index in [1.165, 1.54) is 6.92 Å². The van der Waals surface area contributed by atoms with Crippen LogP contribution in [0.5, 0.6) is 0 Å². The van der Waals surface area contributed by atoms with Crippen molar-refractivity contribution in [2.45, 2.75) is 26.7 Å². The average Bonchev–Trinajstić information content (AvgIpc) is 2.60. The van der Waals surface area contributed by atoms with Gasteiger partial charge in [-0.05, 0) is 37.1 Å². The molecule has 0 unspecified atom stereocenters. The van der Waals surface area contributed by atoms with Gasteiger partial charge >= 0.3 is 0 Å². The molecule has 3 rings (SSSR count). The summed E-state index contributed by atoms with van der Waals surface area (Å²) in [7, 11) is 0. The molecule has 0 aliphatic carbocycles. The molecule has 0 saturated heterocycles. The number of carbonyl (C=O) groups excluding carboxylic acids is 2. The highest BCUT2D eigenvalue weighted by molar-refractivity contribution is 6.12. The summed E-state index contributed by atoms with van der Waals surface area (Å²) in [6.45, 7) is 5.61. The molecule has 4 heteroatoms. The van der Waals surface area contributed by atoms with Crippen LogP contribution < -0.4 is 5.32 Å². The summed E-state index contributed by atoms with van der Waals surface area (Å²) in [6.07, 6.45) is 0. The molecule has 1 heterocycles. The zero-order chi connectivity index (χ0) is 18.0. The molecule has 4 nitrogen and oxygen atoms in total. The molecule has 2 aromatic carbocycles. The van der Waals surface area contributed by atoms with Crippen LogP contribution in [0.2, 0.25) is 0 Å². The summed E-state index contributed by atoms with van der Waals surface area (Å²) in [5.74, 6) is -0.0223. The number of Topliss-reactive ketones (excluding diaryl/α,β-unsaturated/α-hetero) is 1. The van der Waals surface area contributed by atoms with Crippen LogP contribution in [0.4, 0.5) is 5.69 Å². The minimum absolute atomic E-state index is 0.0347. The van der Waals surface area contributed by atoms with Gasteiger partial charge in [0, 0.05) is 22.3 Å². The van der Waals surface area contributed by atoms with Crippen molar-refractivity contribution in [3.05, 3.63) is 71.4 Å². The Kier molecular flexibility index (Phi) is 4.61. The molecule has 1 aromatic heterocycles. The van der Waals surface area contributed by atoms with Crippen molar-refractivity contribution in [2.24, 2.45) is 0 Å². The number of ketones is 1. The van der Waals surface area contributed by atoms with Crippen LogP contribution in [-0.2, 0) is 0 Å². The number of nitrogens with zero attached hydrogens (tertiary/aromatic N) is 1. The predicted molar refractivity (Wildman–Crippen MR) is 100 cm³/mol. The predicted octanol–water partition coefficient (Wildman–Crippen LogP) is 4.81. The van der Waals surface area contributed by atoms with Crippen molar-refractivity contribution < 1.29 is 9.59 Å². The fourth-order valence-corrected chi connectivity index (χ4v) is 2.69. The molecule has 1 amide bonds. The van der Waals surface area contributed by atoms with Crippen LogP contribution in [0.15, 0.2) is 54.6 Å². The maximum absolute atomic E-state index is 12.9. The first kappa shape index (κ1) is 16.8. The molecular formula is C21H20N2O2. The third-order valence-corrected chi connectivity index (χ3v) is 4.10. The van der Waals surface area contributed by atoms with Gasteiger partial charge in [-0.25, -0.2) is 0 Å². The summed E-state index contributed by atoms with van der Waals surface area (Å²) in [6, 6.07) is 16.4. The van der Waals surface area contributed by atoms with E-state index in [1.807, 2.05) is 30.3 Å². The fourth-order valence-electron chi connectivity index (χ4n) is 2.69. The van der Waals surface area contributed by atoms with Crippen LogP contribution in [0, 0.1) is 0 Å². The Morgan fingerprint density at radius 1 is 1.00 bits per heavy atom. The van der Waals surface area contributed by atoms with E-state index < -0.39 is 0 Å². The molecule has 0 bridgehead atoms. The minimum atomic E-state index is -0.207. The number of para-hydroxylation sites is 1. The maximum Gasteiger partial charge on any atom is 0.256 e. The smallest absolute Gasteiger partial charge is 0.256 e. The van der Waals surface area contributed by atoms with Gasteiger partial charge in [0.25, 0.3) is 5.91 Å². The number of carbonyl (C=O) groups is 2. The van der Waals surface area contributed by atoms with Gasteiger partial charge in [-0.2, -0.15) is 0 Å². The number of hydrogen-bond donors (Lipinski definition) is 1. The van der Waals surface area contributed by atoms with Crippen molar-refractivity contribution >= 4 is 28.3 Å². The first-order valence-electron chi connectivity index (χ1n) is 8.27. The first-order chi connectivity index (χ1) is 12.0. The molecule has 0 aliphatic rings. The van der Waals surface area contributed by atoms with E-state index in [0.717, 1.165) is 16.6 Å². The number of aromatic nitrogens is 1. The highest BCUT2D eigenvalue weighted by Gasteiger charge is 2.15. The monoisotopic (exact) mass is 332 g/mol. The Hall–Kier alpha value is -3.01. The van der Waals surface area contributed by atoms with E-state index in [1.54, 1.807) is 24.3 Å². The van der Waals surface area contributed by atoms with Crippen molar-refractivity contribution in [1.29, 1.82) is 0 Å². The number of nitrogens with one attached hydrogen (secondary N) is 1. The normalized spacial score (nSPS) is 10.9. The zero-order valence-corrected chi connectivity index (χ0v) is 14.5. The molecule has 0 aliphatic heterocycles. The number of rotatable bonds is 4. The second-order valence-corrected chi connectivity index (χ2v) is 6.36. The number of hydrogen-bond acceptors (Lipinski definition) is 3. The highest BCUT2D eigenvalue weighted by Crippen LogP contribution is 2.23. The highest BCUT2D eigenvalue weighted by atomic mass is 16.1. The van der Waals surface area contributed by atoms with Gasteiger partial charge in [0.2, 0.25) is 0 Å². The maximum atomic E-state index is 12.9. The topological polar surface area (TPSA) is 59.1 Å². The van der Waals surface area contributed by atoms with E-state index in [-0.39, 0.29) is 17.6 Å². The molecule has 25 heavy (non-hydrogen) atoms. The second-order valence-electron chi connectivity index (χ2n) is 6.36. The number of amides is 1. The van der Waals surface area contributed by atoms with Gasteiger partial charge in [0.1, 0.15) is 0 Å². The van der Waals surface area contributed by atoms with Crippen LogP contribution in [0.3, 0.4) is 0 Å². The van der Waals surface area contributed by atoms with Crippen molar-refractivity contribution in [3.8, 4) is 0 Å². The standard InChI is InChI=1S/C21H20N2O2/c1-13(2)20-12-18(17-9-4-5-10-19(17)23-20)21(25)22-16-8-6-7-15(11-16)14(3)24/h4-13H,1-3H3,(H,22,25). The molecule has 0 radical (unpaired) electrons. The van der Waals surface area contributed by atoms with E-state index in [9.17, 15) is 9.59 Å². The largest absolute Gasteiger partial charge is 0.322 e.